The van der Waals surface area contributed by atoms with E-state index in [4.69, 9.17) is 11.6 Å². The third kappa shape index (κ3) is 4.98. The maximum absolute atomic E-state index is 12.7. The van der Waals surface area contributed by atoms with Gasteiger partial charge in [0.1, 0.15) is 0 Å². The van der Waals surface area contributed by atoms with Crippen LogP contribution >= 0.6 is 11.6 Å². The van der Waals surface area contributed by atoms with Gasteiger partial charge >= 0.3 is 0 Å². The van der Waals surface area contributed by atoms with Gasteiger partial charge in [-0.25, -0.2) is 0 Å². The van der Waals surface area contributed by atoms with E-state index < -0.39 is 0 Å². The van der Waals surface area contributed by atoms with Gasteiger partial charge in [0.15, 0.2) is 0 Å². The first-order chi connectivity index (χ1) is 12.4. The van der Waals surface area contributed by atoms with Crippen molar-refractivity contribution in [3.63, 3.8) is 0 Å². The second-order valence-corrected chi connectivity index (χ2v) is 8.05. The summed E-state index contributed by atoms with van der Waals surface area (Å²) in [7, 11) is 0. The van der Waals surface area contributed by atoms with Gasteiger partial charge in [0.05, 0.1) is 6.54 Å². The topological polar surface area (TPSA) is 43.9 Å². The molecule has 0 radical (unpaired) electrons. The molecule has 2 aliphatic rings. The molecule has 0 N–H and O–H groups in total. The maximum Gasteiger partial charge on any atom is 0.236 e. The van der Waals surface area contributed by atoms with Crippen LogP contribution in [0.1, 0.15) is 32.3 Å². The number of benzene rings is 1. The minimum atomic E-state index is 0.138. The Balaban J connectivity index is 1.52. The maximum atomic E-state index is 12.7. The molecular formula is C20H28ClN3O2. The summed E-state index contributed by atoms with van der Waals surface area (Å²) in [6.07, 6.45) is 2.07. The zero-order valence-corrected chi connectivity index (χ0v) is 16.4. The summed E-state index contributed by atoms with van der Waals surface area (Å²) in [5, 5.41) is 0.717. The van der Waals surface area contributed by atoms with Gasteiger partial charge in [0.25, 0.3) is 0 Å². The van der Waals surface area contributed by atoms with Crippen molar-refractivity contribution in [3.8, 4) is 0 Å². The number of amides is 2. The third-order valence-electron chi connectivity index (χ3n) is 5.21. The highest BCUT2D eigenvalue weighted by atomic mass is 35.5. The molecule has 0 unspecified atom stereocenters. The predicted molar refractivity (Wildman–Crippen MR) is 103 cm³/mol. The second-order valence-electron chi connectivity index (χ2n) is 7.61. The van der Waals surface area contributed by atoms with Crippen molar-refractivity contribution < 1.29 is 9.59 Å². The predicted octanol–water partition coefficient (Wildman–Crippen LogP) is 2.63. The Labute approximate surface area is 160 Å². The number of halogens is 1. The van der Waals surface area contributed by atoms with Crippen molar-refractivity contribution in [2.45, 2.75) is 39.3 Å². The van der Waals surface area contributed by atoms with Crippen LogP contribution < -0.4 is 0 Å². The molecule has 1 heterocycles. The molecule has 2 fully saturated rings. The molecule has 0 atom stereocenters. The molecule has 142 valence electrons. The minimum Gasteiger partial charge on any atom is -0.339 e. The highest BCUT2D eigenvalue weighted by Crippen LogP contribution is 2.31. The molecule has 3 rings (SSSR count). The van der Waals surface area contributed by atoms with E-state index in [1.165, 1.54) is 0 Å². The van der Waals surface area contributed by atoms with E-state index in [-0.39, 0.29) is 23.8 Å². The Morgan fingerprint density at radius 2 is 1.81 bits per heavy atom. The largest absolute Gasteiger partial charge is 0.339 e. The van der Waals surface area contributed by atoms with Crippen molar-refractivity contribution in [2.75, 3.05) is 32.7 Å². The van der Waals surface area contributed by atoms with Crippen LogP contribution in [0.2, 0.25) is 5.02 Å². The number of rotatable bonds is 6. The van der Waals surface area contributed by atoms with Gasteiger partial charge in [-0.1, -0.05) is 23.7 Å². The van der Waals surface area contributed by atoms with Gasteiger partial charge in [0, 0.05) is 49.7 Å². The van der Waals surface area contributed by atoms with Crippen molar-refractivity contribution >= 4 is 23.4 Å². The molecule has 0 bridgehead atoms. The lowest BCUT2D eigenvalue weighted by Gasteiger charge is -2.36. The van der Waals surface area contributed by atoms with Crippen molar-refractivity contribution in [3.05, 3.63) is 34.9 Å². The summed E-state index contributed by atoms with van der Waals surface area (Å²) in [4.78, 5) is 30.9. The summed E-state index contributed by atoms with van der Waals surface area (Å²) >= 11 is 6.08. The lowest BCUT2D eigenvalue weighted by Crippen LogP contribution is -2.53. The molecule has 5 nitrogen and oxygen atoms in total. The Kier molecular flexibility index (Phi) is 6.20. The van der Waals surface area contributed by atoms with E-state index in [1.54, 1.807) is 0 Å². The Hall–Kier alpha value is -1.59. The van der Waals surface area contributed by atoms with E-state index in [9.17, 15) is 9.59 Å². The van der Waals surface area contributed by atoms with E-state index in [2.05, 4.69) is 18.7 Å². The van der Waals surface area contributed by atoms with Crippen molar-refractivity contribution in [1.29, 1.82) is 0 Å². The molecule has 1 saturated carbocycles. The number of piperazine rings is 1. The van der Waals surface area contributed by atoms with Gasteiger partial charge in [0.2, 0.25) is 11.8 Å². The summed E-state index contributed by atoms with van der Waals surface area (Å²) < 4.78 is 0. The van der Waals surface area contributed by atoms with Crippen LogP contribution in [0.4, 0.5) is 0 Å². The van der Waals surface area contributed by atoms with Crippen LogP contribution in [0, 0.1) is 5.92 Å². The Morgan fingerprint density at radius 3 is 2.38 bits per heavy atom. The summed E-state index contributed by atoms with van der Waals surface area (Å²) in [5.41, 5.74) is 1.11. The number of hydrogen-bond donors (Lipinski definition) is 0. The minimum absolute atomic E-state index is 0.138. The van der Waals surface area contributed by atoms with E-state index in [1.807, 2.05) is 34.1 Å². The number of carbonyl (C=O) groups is 2. The SMILES string of the molecule is CC(C)N(CC(=O)N1CCN(C(=O)C2CC2)CC1)Cc1cccc(Cl)c1. The molecule has 1 saturated heterocycles. The fourth-order valence-corrected chi connectivity index (χ4v) is 3.54. The normalized spacial score (nSPS) is 17.9. The quantitative estimate of drug-likeness (QED) is 0.765. The first kappa shape index (κ1) is 19.2. The average Bonchev–Trinajstić information content (AvgIpc) is 3.45. The molecule has 0 spiro atoms. The van der Waals surface area contributed by atoms with Crippen LogP contribution in [0.25, 0.3) is 0 Å². The van der Waals surface area contributed by atoms with Gasteiger partial charge in [-0.3, -0.25) is 14.5 Å². The monoisotopic (exact) mass is 377 g/mol. The van der Waals surface area contributed by atoms with Crippen LogP contribution in [-0.4, -0.2) is 65.3 Å². The zero-order chi connectivity index (χ0) is 18.7. The van der Waals surface area contributed by atoms with Crippen molar-refractivity contribution in [1.82, 2.24) is 14.7 Å². The fourth-order valence-electron chi connectivity index (χ4n) is 3.33. The molecule has 1 aromatic rings. The lowest BCUT2D eigenvalue weighted by molar-refractivity contribution is -0.141. The van der Waals surface area contributed by atoms with E-state index in [0.717, 1.165) is 18.4 Å². The van der Waals surface area contributed by atoms with Gasteiger partial charge in [-0.05, 0) is 44.4 Å². The molecule has 1 aliphatic heterocycles. The van der Waals surface area contributed by atoms with E-state index >= 15 is 0 Å². The lowest BCUT2D eigenvalue weighted by atomic mass is 10.2. The van der Waals surface area contributed by atoms with Crippen LogP contribution in [0.3, 0.4) is 0 Å². The molecule has 26 heavy (non-hydrogen) atoms. The summed E-state index contributed by atoms with van der Waals surface area (Å²) in [6, 6.07) is 8.04. The highest BCUT2D eigenvalue weighted by Gasteiger charge is 2.35. The highest BCUT2D eigenvalue weighted by molar-refractivity contribution is 6.30. The standard InChI is InChI=1S/C20H28ClN3O2/c1-15(2)24(13-16-4-3-5-18(21)12-16)14-19(25)22-8-10-23(11-9-22)20(26)17-6-7-17/h3-5,12,15,17H,6-11,13-14H2,1-2H3. The van der Waals surface area contributed by atoms with Gasteiger partial charge in [-0.15, -0.1) is 0 Å². The van der Waals surface area contributed by atoms with Crippen LogP contribution in [-0.2, 0) is 16.1 Å². The smallest absolute Gasteiger partial charge is 0.236 e. The van der Waals surface area contributed by atoms with Crippen molar-refractivity contribution in [2.24, 2.45) is 5.92 Å². The summed E-state index contributed by atoms with van der Waals surface area (Å²) in [6.45, 7) is 7.90. The van der Waals surface area contributed by atoms with E-state index in [0.29, 0.717) is 44.3 Å². The first-order valence-electron chi connectivity index (χ1n) is 9.49. The number of hydrogen-bond acceptors (Lipinski definition) is 3. The number of carbonyl (C=O) groups excluding carboxylic acids is 2. The second kappa shape index (κ2) is 8.40. The molecule has 1 aliphatic carbocycles. The zero-order valence-electron chi connectivity index (χ0n) is 15.7. The third-order valence-corrected chi connectivity index (χ3v) is 5.45. The molecular weight excluding hydrogens is 350 g/mol. The van der Waals surface area contributed by atoms with Crippen LogP contribution in [0.15, 0.2) is 24.3 Å². The molecule has 2 amide bonds. The first-order valence-corrected chi connectivity index (χ1v) is 9.87. The molecule has 6 heteroatoms. The summed E-state index contributed by atoms with van der Waals surface area (Å²) in [5.74, 6) is 0.674. The Bertz CT molecular complexity index is 652. The van der Waals surface area contributed by atoms with Crippen LogP contribution in [0.5, 0.6) is 0 Å². The van der Waals surface area contributed by atoms with Gasteiger partial charge < -0.3 is 9.80 Å². The number of nitrogens with zero attached hydrogens (tertiary/aromatic N) is 3. The molecule has 0 aromatic heterocycles. The molecule has 1 aromatic carbocycles. The fraction of sp³-hybridized carbons (Fsp3) is 0.600. The average molecular weight is 378 g/mol. The Morgan fingerprint density at radius 1 is 1.15 bits per heavy atom. The van der Waals surface area contributed by atoms with Gasteiger partial charge in [-0.2, -0.15) is 0 Å².